The zero-order chi connectivity index (χ0) is 14.1. The maximum Gasteiger partial charge on any atom is -0.00642 e. The van der Waals surface area contributed by atoms with Gasteiger partial charge in [0.2, 0.25) is 0 Å². The van der Waals surface area contributed by atoms with Crippen molar-refractivity contribution >= 4 is 0 Å². The van der Waals surface area contributed by atoms with Crippen LogP contribution in [0.1, 0.15) is 70.6 Å². The monoisotopic (exact) mass is 278 g/mol. The van der Waals surface area contributed by atoms with E-state index < -0.39 is 0 Å². The molecule has 0 saturated carbocycles. The molecule has 0 unspecified atom stereocenters. The van der Waals surface area contributed by atoms with Gasteiger partial charge in [-0.1, -0.05) is 46.6 Å². The van der Waals surface area contributed by atoms with Crippen molar-refractivity contribution in [1.82, 2.24) is 0 Å². The summed E-state index contributed by atoms with van der Waals surface area (Å²) in [7, 11) is 0. The Hall–Kier alpha value is -1.30. The van der Waals surface area contributed by atoms with Crippen molar-refractivity contribution in [3.8, 4) is 0 Å². The summed E-state index contributed by atoms with van der Waals surface area (Å²) in [5, 5.41) is 0. The fraction of sp³-hybridized carbons (Fsp3) is 0.524. The molecule has 0 aromatic heterocycles. The van der Waals surface area contributed by atoms with Crippen molar-refractivity contribution in [2.24, 2.45) is 0 Å². The fourth-order valence-corrected chi connectivity index (χ4v) is 3.91. The Morgan fingerprint density at radius 2 is 1.62 bits per heavy atom. The fourth-order valence-electron chi connectivity index (χ4n) is 3.91. The normalized spacial score (nSPS) is 23.6. The first kappa shape index (κ1) is 13.4. The Morgan fingerprint density at radius 1 is 0.714 bits per heavy atom. The Morgan fingerprint density at radius 3 is 2.29 bits per heavy atom. The topological polar surface area (TPSA) is 0 Å². The summed E-state index contributed by atoms with van der Waals surface area (Å²) in [6.07, 6.45) is 24.2. The van der Waals surface area contributed by atoms with Gasteiger partial charge >= 0.3 is 0 Å². The molecular formula is C21H26. The third kappa shape index (κ3) is 3.15. The smallest absolute Gasteiger partial charge is 0.00642 e. The van der Waals surface area contributed by atoms with Gasteiger partial charge in [-0.2, -0.15) is 0 Å². The summed E-state index contributed by atoms with van der Waals surface area (Å²) >= 11 is 0. The molecule has 0 spiro atoms. The van der Waals surface area contributed by atoms with E-state index in [1.807, 2.05) is 0 Å². The molecule has 110 valence electrons. The molecule has 4 aliphatic carbocycles. The quantitative estimate of drug-likeness (QED) is 0.477. The molecule has 0 saturated heterocycles. The Balaban J connectivity index is 1.48. The second kappa shape index (κ2) is 5.83. The van der Waals surface area contributed by atoms with E-state index in [0.717, 1.165) is 0 Å². The maximum absolute atomic E-state index is 2.54. The second-order valence-electron chi connectivity index (χ2n) is 7.09. The highest BCUT2D eigenvalue weighted by molar-refractivity contribution is 5.48. The van der Waals surface area contributed by atoms with Crippen LogP contribution in [0.25, 0.3) is 0 Å². The largest absolute Gasteiger partial charge is 0.0850 e. The zero-order valence-electron chi connectivity index (χ0n) is 13.1. The van der Waals surface area contributed by atoms with Crippen molar-refractivity contribution in [3.05, 3.63) is 57.7 Å². The van der Waals surface area contributed by atoms with E-state index in [2.05, 4.69) is 24.3 Å². The van der Waals surface area contributed by atoms with Gasteiger partial charge in [-0.15, -0.1) is 0 Å². The summed E-state index contributed by atoms with van der Waals surface area (Å²) in [6, 6.07) is 0. The van der Waals surface area contributed by atoms with Gasteiger partial charge in [0, 0.05) is 0 Å². The molecule has 0 radical (unpaired) electrons. The van der Waals surface area contributed by atoms with Gasteiger partial charge in [0.15, 0.2) is 0 Å². The molecule has 0 aromatic rings. The van der Waals surface area contributed by atoms with Gasteiger partial charge < -0.3 is 0 Å². The standard InChI is InChI=1S/C21H26/c1-2-5-17(4-1)14-19-11-12-20(15-18-8-9-18)21(19)13-10-16-6-3-7-16/h4,6,8,12H,1-3,5,7,9-11,13-15H2. The van der Waals surface area contributed by atoms with E-state index in [-0.39, 0.29) is 0 Å². The van der Waals surface area contributed by atoms with Crippen LogP contribution in [-0.4, -0.2) is 0 Å². The summed E-state index contributed by atoms with van der Waals surface area (Å²) in [6.45, 7) is 0. The van der Waals surface area contributed by atoms with Crippen molar-refractivity contribution in [2.45, 2.75) is 70.6 Å². The molecule has 0 fully saturated rings. The van der Waals surface area contributed by atoms with Gasteiger partial charge in [-0.05, 0) is 81.8 Å². The van der Waals surface area contributed by atoms with Crippen LogP contribution in [0.2, 0.25) is 0 Å². The van der Waals surface area contributed by atoms with Gasteiger partial charge in [0.1, 0.15) is 0 Å². The van der Waals surface area contributed by atoms with Crippen LogP contribution in [-0.2, 0) is 0 Å². The summed E-state index contributed by atoms with van der Waals surface area (Å²) < 4.78 is 0. The summed E-state index contributed by atoms with van der Waals surface area (Å²) in [5.74, 6) is 0. The van der Waals surface area contributed by atoms with Crippen LogP contribution in [0.5, 0.6) is 0 Å². The Kier molecular flexibility index (Phi) is 3.71. The van der Waals surface area contributed by atoms with Crippen LogP contribution < -0.4 is 0 Å². The molecule has 21 heavy (non-hydrogen) atoms. The van der Waals surface area contributed by atoms with Crippen LogP contribution >= 0.6 is 0 Å². The van der Waals surface area contributed by atoms with Crippen LogP contribution in [0.4, 0.5) is 0 Å². The molecule has 4 rings (SSSR count). The van der Waals surface area contributed by atoms with Gasteiger partial charge in [-0.25, -0.2) is 0 Å². The Labute approximate surface area is 129 Å². The number of rotatable bonds is 7. The molecule has 0 bridgehead atoms. The lowest BCUT2D eigenvalue weighted by atomic mass is 9.88. The number of hydrogen-bond donors (Lipinski definition) is 0. The summed E-state index contributed by atoms with van der Waals surface area (Å²) in [4.78, 5) is 0. The molecule has 0 aliphatic heterocycles. The molecule has 0 heteroatoms. The van der Waals surface area contributed by atoms with Crippen molar-refractivity contribution in [1.29, 1.82) is 0 Å². The highest BCUT2D eigenvalue weighted by atomic mass is 14.3. The molecular weight excluding hydrogens is 252 g/mol. The van der Waals surface area contributed by atoms with Gasteiger partial charge in [0.25, 0.3) is 0 Å². The maximum atomic E-state index is 2.54. The first-order chi connectivity index (χ1) is 10.4. The van der Waals surface area contributed by atoms with E-state index in [9.17, 15) is 0 Å². The van der Waals surface area contributed by atoms with Crippen molar-refractivity contribution in [2.75, 3.05) is 0 Å². The van der Waals surface area contributed by atoms with Crippen molar-refractivity contribution in [3.63, 3.8) is 0 Å². The first-order valence-corrected chi connectivity index (χ1v) is 8.82. The lowest BCUT2D eigenvalue weighted by Gasteiger charge is -2.17. The zero-order valence-corrected chi connectivity index (χ0v) is 13.1. The van der Waals surface area contributed by atoms with Crippen molar-refractivity contribution < 1.29 is 0 Å². The number of hydrogen-bond acceptors (Lipinski definition) is 0. The van der Waals surface area contributed by atoms with E-state index in [1.54, 1.807) is 33.4 Å². The van der Waals surface area contributed by atoms with E-state index in [4.69, 9.17) is 0 Å². The second-order valence-corrected chi connectivity index (χ2v) is 7.09. The number of allylic oxidation sites excluding steroid dienone is 10. The Bertz CT molecular complexity index is 590. The highest BCUT2D eigenvalue weighted by Crippen LogP contribution is 2.41. The highest BCUT2D eigenvalue weighted by Gasteiger charge is 2.22. The minimum atomic E-state index is 1.23. The lowest BCUT2D eigenvalue weighted by Crippen LogP contribution is -1.98. The average molecular weight is 278 g/mol. The van der Waals surface area contributed by atoms with Gasteiger partial charge in [-0.3, -0.25) is 0 Å². The average Bonchev–Trinajstić information content (AvgIpc) is 2.94. The first-order valence-electron chi connectivity index (χ1n) is 8.82. The minimum absolute atomic E-state index is 1.23. The minimum Gasteiger partial charge on any atom is -0.0850 e. The van der Waals surface area contributed by atoms with E-state index in [1.165, 1.54) is 70.6 Å². The lowest BCUT2D eigenvalue weighted by molar-refractivity contribution is 0.768. The SMILES string of the molecule is C1=C(CCC2=C(CC3=CCCC3)CC=C2CC2=CC2)CC1. The summed E-state index contributed by atoms with van der Waals surface area (Å²) in [5.41, 5.74) is 10.3. The predicted molar refractivity (Wildman–Crippen MR) is 90.1 cm³/mol. The molecule has 0 amide bonds. The molecule has 4 aliphatic rings. The molecule has 0 N–H and O–H groups in total. The van der Waals surface area contributed by atoms with E-state index in [0.29, 0.717) is 0 Å². The van der Waals surface area contributed by atoms with Crippen LogP contribution in [0.3, 0.4) is 0 Å². The molecule has 0 aromatic carbocycles. The van der Waals surface area contributed by atoms with E-state index >= 15 is 0 Å². The molecule has 0 atom stereocenters. The van der Waals surface area contributed by atoms with Crippen LogP contribution in [0.15, 0.2) is 57.7 Å². The van der Waals surface area contributed by atoms with Gasteiger partial charge in [0.05, 0.1) is 0 Å². The molecule has 0 heterocycles. The third-order valence-corrected chi connectivity index (χ3v) is 5.49. The predicted octanol–water partition coefficient (Wildman–Crippen LogP) is 6.33. The van der Waals surface area contributed by atoms with Crippen LogP contribution in [0, 0.1) is 0 Å². The molecule has 0 nitrogen and oxygen atoms in total. The third-order valence-electron chi connectivity index (χ3n) is 5.49.